The van der Waals surface area contributed by atoms with E-state index in [1.54, 1.807) is 0 Å². The third-order valence-electron chi connectivity index (χ3n) is 3.16. The summed E-state index contributed by atoms with van der Waals surface area (Å²) in [5.41, 5.74) is 1.72. The molecule has 4 heteroatoms. The molecule has 2 N–H and O–H groups in total. The predicted molar refractivity (Wildman–Crippen MR) is 83.8 cm³/mol. The highest BCUT2D eigenvalue weighted by Gasteiger charge is 2.09. The van der Waals surface area contributed by atoms with E-state index in [9.17, 15) is 4.79 Å². The lowest BCUT2D eigenvalue weighted by atomic mass is 10.1. The van der Waals surface area contributed by atoms with Gasteiger partial charge < -0.3 is 15.5 Å². The highest BCUT2D eigenvalue weighted by atomic mass is 16.1. The van der Waals surface area contributed by atoms with Gasteiger partial charge in [-0.3, -0.25) is 4.79 Å². The second kappa shape index (κ2) is 9.02. The van der Waals surface area contributed by atoms with E-state index >= 15 is 0 Å². The van der Waals surface area contributed by atoms with Gasteiger partial charge in [0.2, 0.25) is 0 Å². The highest BCUT2D eigenvalue weighted by Crippen LogP contribution is 2.09. The summed E-state index contributed by atoms with van der Waals surface area (Å²) in [6.07, 6.45) is 12.5. The molecule has 0 saturated heterocycles. The first kappa shape index (κ1) is 16.1. The normalized spacial score (nSPS) is 15.8. The summed E-state index contributed by atoms with van der Waals surface area (Å²) in [5.74, 6) is -0.00575. The maximum atomic E-state index is 12.2. The zero-order chi connectivity index (χ0) is 14.8. The number of allylic oxidation sites excluding steroid dienone is 4. The molecule has 1 amide bonds. The number of amides is 1. The SMILES string of the molecule is C\C=C(C)/C(=C\C=C\C)C(=O)NCCCN1C=CNC1. The summed E-state index contributed by atoms with van der Waals surface area (Å²) < 4.78 is 0. The molecule has 0 aliphatic carbocycles. The zero-order valence-electron chi connectivity index (χ0n) is 12.6. The van der Waals surface area contributed by atoms with Crippen LogP contribution >= 0.6 is 0 Å². The fourth-order valence-electron chi connectivity index (χ4n) is 1.85. The molecule has 4 nitrogen and oxygen atoms in total. The van der Waals surface area contributed by atoms with Crippen LogP contribution in [0.25, 0.3) is 0 Å². The molecule has 20 heavy (non-hydrogen) atoms. The van der Waals surface area contributed by atoms with E-state index in [1.165, 1.54) is 0 Å². The number of nitrogens with zero attached hydrogens (tertiary/aromatic N) is 1. The Morgan fingerprint density at radius 2 is 2.25 bits per heavy atom. The van der Waals surface area contributed by atoms with E-state index in [4.69, 9.17) is 0 Å². The molecule has 0 spiro atoms. The average molecular weight is 275 g/mol. The minimum atomic E-state index is -0.00575. The largest absolute Gasteiger partial charge is 0.373 e. The molecule has 0 unspecified atom stereocenters. The third kappa shape index (κ3) is 5.34. The molecule has 0 saturated carbocycles. The highest BCUT2D eigenvalue weighted by molar-refractivity contribution is 5.97. The van der Waals surface area contributed by atoms with Crippen molar-refractivity contribution < 1.29 is 4.79 Å². The maximum Gasteiger partial charge on any atom is 0.251 e. The molecule has 1 aliphatic heterocycles. The first-order chi connectivity index (χ1) is 9.69. The van der Waals surface area contributed by atoms with Crippen LogP contribution in [0, 0.1) is 0 Å². The van der Waals surface area contributed by atoms with Crippen molar-refractivity contribution in [3.63, 3.8) is 0 Å². The van der Waals surface area contributed by atoms with Gasteiger partial charge in [-0.05, 0) is 38.8 Å². The van der Waals surface area contributed by atoms with Crippen molar-refractivity contribution in [1.29, 1.82) is 0 Å². The van der Waals surface area contributed by atoms with Gasteiger partial charge in [0, 0.05) is 31.1 Å². The van der Waals surface area contributed by atoms with Crippen molar-refractivity contribution in [3.05, 3.63) is 47.9 Å². The molecule has 0 aromatic rings. The van der Waals surface area contributed by atoms with Gasteiger partial charge in [-0.2, -0.15) is 0 Å². The Morgan fingerprint density at radius 3 is 2.85 bits per heavy atom. The number of nitrogens with one attached hydrogen (secondary N) is 2. The molecular weight excluding hydrogens is 250 g/mol. The first-order valence-corrected chi connectivity index (χ1v) is 7.07. The van der Waals surface area contributed by atoms with Gasteiger partial charge in [-0.1, -0.05) is 18.2 Å². The van der Waals surface area contributed by atoms with Crippen LogP contribution in [0.5, 0.6) is 0 Å². The van der Waals surface area contributed by atoms with Gasteiger partial charge in [0.05, 0.1) is 6.67 Å². The molecule has 1 rings (SSSR count). The van der Waals surface area contributed by atoms with Crippen LogP contribution < -0.4 is 10.6 Å². The molecule has 1 heterocycles. The zero-order valence-corrected chi connectivity index (χ0v) is 12.6. The van der Waals surface area contributed by atoms with Gasteiger partial charge in [0.25, 0.3) is 5.91 Å². The second-order valence-electron chi connectivity index (χ2n) is 4.68. The van der Waals surface area contributed by atoms with Gasteiger partial charge >= 0.3 is 0 Å². The molecule has 0 aromatic carbocycles. The molecule has 110 valence electrons. The van der Waals surface area contributed by atoms with Crippen molar-refractivity contribution in [1.82, 2.24) is 15.5 Å². The Labute approximate surface area is 121 Å². The third-order valence-corrected chi connectivity index (χ3v) is 3.16. The summed E-state index contributed by atoms with van der Waals surface area (Å²) in [6, 6.07) is 0. The van der Waals surface area contributed by atoms with Crippen LogP contribution in [0.4, 0.5) is 0 Å². The molecule has 0 radical (unpaired) electrons. The summed E-state index contributed by atoms with van der Waals surface area (Å²) in [4.78, 5) is 14.3. The minimum Gasteiger partial charge on any atom is -0.373 e. The Kier molecular flexibility index (Phi) is 7.25. The van der Waals surface area contributed by atoms with E-state index < -0.39 is 0 Å². The van der Waals surface area contributed by atoms with Crippen LogP contribution in [0.15, 0.2) is 47.9 Å². The average Bonchev–Trinajstić information content (AvgIpc) is 2.96. The summed E-state index contributed by atoms with van der Waals surface area (Å²) in [5, 5.41) is 6.10. The molecular formula is C16H25N3O. The Morgan fingerprint density at radius 1 is 1.45 bits per heavy atom. The van der Waals surface area contributed by atoms with E-state index in [0.717, 1.165) is 30.8 Å². The Balaban J connectivity index is 2.40. The lowest BCUT2D eigenvalue weighted by molar-refractivity contribution is -0.117. The molecule has 0 bridgehead atoms. The van der Waals surface area contributed by atoms with Gasteiger partial charge in [0.1, 0.15) is 0 Å². The van der Waals surface area contributed by atoms with Gasteiger partial charge in [-0.15, -0.1) is 0 Å². The predicted octanol–water partition coefficient (Wildman–Crippen LogP) is 2.30. The van der Waals surface area contributed by atoms with Crippen molar-refractivity contribution >= 4 is 5.91 Å². The summed E-state index contributed by atoms with van der Waals surface area (Å²) >= 11 is 0. The maximum absolute atomic E-state index is 12.2. The van der Waals surface area contributed by atoms with Crippen LogP contribution in [0.3, 0.4) is 0 Å². The van der Waals surface area contributed by atoms with Crippen LogP contribution in [0.2, 0.25) is 0 Å². The lowest BCUT2D eigenvalue weighted by Gasteiger charge is -2.15. The standard InChI is InChI=1S/C16H25N3O/c1-4-6-8-15(14(3)5-2)16(20)18-9-7-11-19-12-10-17-13-19/h4-6,8,10,12,17H,7,9,11,13H2,1-3H3,(H,18,20)/b6-4+,14-5-,15-8+. The van der Waals surface area contributed by atoms with Gasteiger partial charge in [0.15, 0.2) is 0 Å². The van der Waals surface area contributed by atoms with E-state index in [0.29, 0.717) is 6.54 Å². The molecule has 0 fully saturated rings. The number of hydrogen-bond acceptors (Lipinski definition) is 3. The monoisotopic (exact) mass is 275 g/mol. The van der Waals surface area contributed by atoms with Crippen molar-refractivity contribution in [2.24, 2.45) is 0 Å². The second-order valence-corrected chi connectivity index (χ2v) is 4.68. The first-order valence-electron chi connectivity index (χ1n) is 7.07. The quantitative estimate of drug-likeness (QED) is 0.426. The summed E-state index contributed by atoms with van der Waals surface area (Å²) in [7, 11) is 0. The lowest BCUT2D eigenvalue weighted by Crippen LogP contribution is -2.29. The van der Waals surface area contributed by atoms with Gasteiger partial charge in [-0.25, -0.2) is 0 Å². The number of hydrogen-bond donors (Lipinski definition) is 2. The van der Waals surface area contributed by atoms with Crippen molar-refractivity contribution in [2.45, 2.75) is 27.2 Å². The molecule has 0 aromatic heterocycles. The Bertz CT molecular complexity index is 433. The smallest absolute Gasteiger partial charge is 0.251 e. The topological polar surface area (TPSA) is 44.4 Å². The minimum absolute atomic E-state index is 0.00575. The fraction of sp³-hybridized carbons (Fsp3) is 0.438. The Hall–Kier alpha value is -1.97. The molecule has 0 atom stereocenters. The van der Waals surface area contributed by atoms with E-state index in [2.05, 4.69) is 15.5 Å². The number of carbonyl (C=O) groups is 1. The van der Waals surface area contributed by atoms with Crippen LogP contribution in [-0.2, 0) is 4.79 Å². The van der Waals surface area contributed by atoms with E-state index in [1.807, 2.05) is 57.5 Å². The molecule has 1 aliphatic rings. The van der Waals surface area contributed by atoms with Crippen LogP contribution in [0.1, 0.15) is 27.2 Å². The summed E-state index contributed by atoms with van der Waals surface area (Å²) in [6.45, 7) is 8.33. The van der Waals surface area contributed by atoms with Crippen molar-refractivity contribution in [3.8, 4) is 0 Å². The fourth-order valence-corrected chi connectivity index (χ4v) is 1.85. The van der Waals surface area contributed by atoms with Crippen molar-refractivity contribution in [2.75, 3.05) is 19.8 Å². The number of carbonyl (C=O) groups excluding carboxylic acids is 1. The number of rotatable bonds is 7. The van der Waals surface area contributed by atoms with Crippen LogP contribution in [-0.4, -0.2) is 30.6 Å². The van der Waals surface area contributed by atoms with E-state index in [-0.39, 0.29) is 5.91 Å².